The second-order valence-corrected chi connectivity index (χ2v) is 5.89. The number of hydrogen-bond acceptors (Lipinski definition) is 5. The molecule has 1 aromatic rings. The SMILES string of the molecule is CCCC1CCC(Nc2cc(NC)nc(COC)n2)CC1. The average Bonchev–Trinajstić information content (AvgIpc) is 2.49. The third-order valence-corrected chi connectivity index (χ3v) is 4.20. The first kappa shape index (κ1) is 16.0. The van der Waals surface area contributed by atoms with Crippen molar-refractivity contribution in [2.75, 3.05) is 24.8 Å². The minimum Gasteiger partial charge on any atom is -0.377 e. The predicted molar refractivity (Wildman–Crippen MR) is 86.6 cm³/mol. The normalized spacial score (nSPS) is 22.0. The topological polar surface area (TPSA) is 59.1 Å². The third-order valence-electron chi connectivity index (χ3n) is 4.20. The summed E-state index contributed by atoms with van der Waals surface area (Å²) >= 11 is 0. The van der Waals surface area contributed by atoms with Crippen molar-refractivity contribution >= 4 is 11.6 Å². The lowest BCUT2D eigenvalue weighted by Crippen LogP contribution is -2.26. The van der Waals surface area contributed by atoms with E-state index in [4.69, 9.17) is 4.74 Å². The van der Waals surface area contributed by atoms with Gasteiger partial charge in [-0.15, -0.1) is 0 Å². The number of rotatable bonds is 7. The third kappa shape index (κ3) is 4.84. The minimum absolute atomic E-state index is 0.438. The highest BCUT2D eigenvalue weighted by molar-refractivity contribution is 5.47. The van der Waals surface area contributed by atoms with Crippen LogP contribution in [0.1, 0.15) is 51.3 Å². The van der Waals surface area contributed by atoms with Gasteiger partial charge in [-0.25, -0.2) is 9.97 Å². The van der Waals surface area contributed by atoms with E-state index in [1.54, 1.807) is 7.11 Å². The van der Waals surface area contributed by atoms with E-state index in [0.717, 1.165) is 17.6 Å². The molecule has 0 amide bonds. The summed E-state index contributed by atoms with van der Waals surface area (Å²) in [6, 6.07) is 2.50. The molecule has 0 bridgehead atoms. The molecule has 2 N–H and O–H groups in total. The molecule has 1 saturated carbocycles. The van der Waals surface area contributed by atoms with Gasteiger partial charge in [0, 0.05) is 26.3 Å². The van der Waals surface area contributed by atoms with Crippen LogP contribution in [0.2, 0.25) is 0 Å². The molecule has 2 rings (SSSR count). The van der Waals surface area contributed by atoms with E-state index in [2.05, 4.69) is 27.5 Å². The van der Waals surface area contributed by atoms with Crippen molar-refractivity contribution in [3.63, 3.8) is 0 Å². The van der Waals surface area contributed by atoms with Gasteiger partial charge in [0.2, 0.25) is 0 Å². The molecular weight excluding hydrogens is 264 g/mol. The molecule has 118 valence electrons. The second kappa shape index (κ2) is 8.17. The van der Waals surface area contributed by atoms with Crippen molar-refractivity contribution < 1.29 is 4.74 Å². The van der Waals surface area contributed by atoms with Gasteiger partial charge in [-0.2, -0.15) is 0 Å². The zero-order chi connectivity index (χ0) is 15.1. The summed E-state index contributed by atoms with van der Waals surface area (Å²) in [7, 11) is 3.54. The van der Waals surface area contributed by atoms with Gasteiger partial charge in [0.05, 0.1) is 0 Å². The molecule has 0 radical (unpaired) electrons. The van der Waals surface area contributed by atoms with E-state index < -0.39 is 0 Å². The van der Waals surface area contributed by atoms with Gasteiger partial charge in [0.15, 0.2) is 5.82 Å². The summed E-state index contributed by atoms with van der Waals surface area (Å²) in [5.41, 5.74) is 0. The van der Waals surface area contributed by atoms with Crippen molar-refractivity contribution in [3.8, 4) is 0 Å². The number of aromatic nitrogens is 2. The highest BCUT2D eigenvalue weighted by atomic mass is 16.5. The van der Waals surface area contributed by atoms with E-state index in [1.165, 1.54) is 38.5 Å². The lowest BCUT2D eigenvalue weighted by Gasteiger charge is -2.29. The van der Waals surface area contributed by atoms with E-state index >= 15 is 0 Å². The van der Waals surface area contributed by atoms with Crippen LogP contribution in [-0.4, -0.2) is 30.2 Å². The summed E-state index contributed by atoms with van der Waals surface area (Å²) in [4.78, 5) is 8.92. The van der Waals surface area contributed by atoms with Crippen LogP contribution in [0.3, 0.4) is 0 Å². The summed E-state index contributed by atoms with van der Waals surface area (Å²) in [5, 5.41) is 6.65. The predicted octanol–water partition coefficient (Wildman–Crippen LogP) is 3.44. The van der Waals surface area contributed by atoms with Crippen LogP contribution in [0.5, 0.6) is 0 Å². The van der Waals surface area contributed by atoms with Gasteiger partial charge in [-0.1, -0.05) is 19.8 Å². The Kier molecular flexibility index (Phi) is 6.23. The Morgan fingerprint density at radius 2 is 1.90 bits per heavy atom. The van der Waals surface area contributed by atoms with E-state index in [0.29, 0.717) is 18.5 Å². The quantitative estimate of drug-likeness (QED) is 0.806. The molecule has 0 atom stereocenters. The molecule has 5 heteroatoms. The number of hydrogen-bond donors (Lipinski definition) is 2. The molecular formula is C16H28N4O. The summed E-state index contributed by atoms with van der Waals surface area (Å²) in [6.07, 6.45) is 7.83. The highest BCUT2D eigenvalue weighted by Gasteiger charge is 2.21. The van der Waals surface area contributed by atoms with Crippen molar-refractivity contribution in [3.05, 3.63) is 11.9 Å². The minimum atomic E-state index is 0.438. The van der Waals surface area contributed by atoms with Gasteiger partial charge < -0.3 is 15.4 Å². The molecule has 0 aliphatic heterocycles. The number of ether oxygens (including phenoxy) is 1. The van der Waals surface area contributed by atoms with Gasteiger partial charge in [0.1, 0.15) is 18.2 Å². The van der Waals surface area contributed by atoms with Crippen LogP contribution in [0.25, 0.3) is 0 Å². The van der Waals surface area contributed by atoms with Crippen LogP contribution < -0.4 is 10.6 Å². The Balaban J connectivity index is 1.94. The van der Waals surface area contributed by atoms with Crippen LogP contribution in [0.4, 0.5) is 11.6 Å². The van der Waals surface area contributed by atoms with Gasteiger partial charge in [0.25, 0.3) is 0 Å². The molecule has 5 nitrogen and oxygen atoms in total. The maximum absolute atomic E-state index is 5.13. The molecule has 0 aromatic carbocycles. The Bertz CT molecular complexity index is 430. The Hall–Kier alpha value is -1.36. The first-order valence-corrected chi connectivity index (χ1v) is 8.06. The van der Waals surface area contributed by atoms with Crippen LogP contribution in [-0.2, 0) is 11.3 Å². The molecule has 1 fully saturated rings. The maximum atomic E-state index is 5.13. The van der Waals surface area contributed by atoms with E-state index in [1.807, 2.05) is 13.1 Å². The zero-order valence-corrected chi connectivity index (χ0v) is 13.5. The van der Waals surface area contributed by atoms with E-state index in [9.17, 15) is 0 Å². The summed E-state index contributed by atoms with van der Waals surface area (Å²) in [5.74, 6) is 3.38. The molecule has 1 aliphatic carbocycles. The van der Waals surface area contributed by atoms with Crippen molar-refractivity contribution in [2.24, 2.45) is 5.92 Å². The smallest absolute Gasteiger partial charge is 0.158 e. The fraction of sp³-hybridized carbons (Fsp3) is 0.750. The molecule has 1 heterocycles. The Morgan fingerprint density at radius 1 is 1.19 bits per heavy atom. The van der Waals surface area contributed by atoms with Crippen LogP contribution >= 0.6 is 0 Å². The molecule has 1 aliphatic rings. The molecule has 0 unspecified atom stereocenters. The number of nitrogens with one attached hydrogen (secondary N) is 2. The van der Waals surface area contributed by atoms with Crippen LogP contribution in [0, 0.1) is 5.92 Å². The lowest BCUT2D eigenvalue weighted by atomic mass is 9.83. The largest absolute Gasteiger partial charge is 0.377 e. The standard InChI is InChI=1S/C16H28N4O/c1-4-5-12-6-8-13(9-7-12)18-15-10-14(17-2)19-16(20-15)11-21-3/h10,12-13H,4-9,11H2,1-3H3,(H2,17,18,19,20). The fourth-order valence-corrected chi connectivity index (χ4v) is 3.11. The zero-order valence-electron chi connectivity index (χ0n) is 13.5. The van der Waals surface area contributed by atoms with Gasteiger partial charge >= 0.3 is 0 Å². The van der Waals surface area contributed by atoms with Gasteiger partial charge in [-0.3, -0.25) is 0 Å². The summed E-state index contributed by atoms with van der Waals surface area (Å²) in [6.45, 7) is 2.72. The van der Waals surface area contributed by atoms with Gasteiger partial charge in [-0.05, 0) is 31.6 Å². The second-order valence-electron chi connectivity index (χ2n) is 5.89. The first-order chi connectivity index (χ1) is 10.2. The maximum Gasteiger partial charge on any atom is 0.158 e. The molecule has 21 heavy (non-hydrogen) atoms. The monoisotopic (exact) mass is 292 g/mol. The van der Waals surface area contributed by atoms with Crippen molar-refractivity contribution in [2.45, 2.75) is 58.1 Å². The Morgan fingerprint density at radius 3 is 2.52 bits per heavy atom. The average molecular weight is 292 g/mol. The number of nitrogens with zero attached hydrogens (tertiary/aromatic N) is 2. The van der Waals surface area contributed by atoms with Crippen molar-refractivity contribution in [1.82, 2.24) is 9.97 Å². The molecule has 0 saturated heterocycles. The van der Waals surface area contributed by atoms with Crippen LogP contribution in [0.15, 0.2) is 6.07 Å². The number of anilines is 2. The van der Waals surface area contributed by atoms with E-state index in [-0.39, 0.29) is 0 Å². The van der Waals surface area contributed by atoms with Crippen molar-refractivity contribution in [1.29, 1.82) is 0 Å². The first-order valence-electron chi connectivity index (χ1n) is 8.06. The molecule has 0 spiro atoms. The number of methoxy groups -OCH3 is 1. The fourth-order valence-electron chi connectivity index (χ4n) is 3.11. The molecule has 1 aromatic heterocycles. The highest BCUT2D eigenvalue weighted by Crippen LogP contribution is 2.29. The lowest BCUT2D eigenvalue weighted by molar-refractivity contribution is 0.178. The summed E-state index contributed by atoms with van der Waals surface area (Å²) < 4.78 is 5.13. The Labute approximate surface area is 127 Å².